The molecule has 1 rings (SSSR count). The quantitative estimate of drug-likeness (QED) is 0.738. The van der Waals surface area contributed by atoms with Crippen LogP contribution in [0, 0.1) is 13.8 Å². The Kier molecular flexibility index (Phi) is 2.77. The SMILES string of the molecule is Cc1ccc(C)c(C(C)(C)CN)c1. The molecular weight excluding hydrogens is 158 g/mol. The first-order valence-corrected chi connectivity index (χ1v) is 4.75. The van der Waals surface area contributed by atoms with Crippen LogP contribution in [0.5, 0.6) is 0 Å². The number of nitrogens with two attached hydrogens (primary N) is 1. The average molecular weight is 177 g/mol. The monoisotopic (exact) mass is 177 g/mol. The third-order valence-corrected chi connectivity index (χ3v) is 2.63. The lowest BCUT2D eigenvalue weighted by Crippen LogP contribution is -2.29. The summed E-state index contributed by atoms with van der Waals surface area (Å²) in [6, 6.07) is 6.55. The van der Waals surface area contributed by atoms with Crippen LogP contribution in [0.3, 0.4) is 0 Å². The zero-order valence-electron chi connectivity index (χ0n) is 9.02. The van der Waals surface area contributed by atoms with Gasteiger partial charge in [0.2, 0.25) is 0 Å². The van der Waals surface area contributed by atoms with Crippen LogP contribution in [0.25, 0.3) is 0 Å². The number of aryl methyl sites for hydroxylation is 2. The summed E-state index contributed by atoms with van der Waals surface area (Å²) in [5, 5.41) is 0. The predicted molar refractivity (Wildman–Crippen MR) is 58.0 cm³/mol. The van der Waals surface area contributed by atoms with E-state index in [9.17, 15) is 0 Å². The van der Waals surface area contributed by atoms with Crippen LogP contribution in [0.2, 0.25) is 0 Å². The van der Waals surface area contributed by atoms with E-state index in [4.69, 9.17) is 5.73 Å². The summed E-state index contributed by atoms with van der Waals surface area (Å²) >= 11 is 0. The molecule has 0 saturated heterocycles. The summed E-state index contributed by atoms with van der Waals surface area (Å²) in [5.41, 5.74) is 9.86. The van der Waals surface area contributed by atoms with Crippen molar-refractivity contribution in [2.75, 3.05) is 6.54 Å². The number of hydrogen-bond acceptors (Lipinski definition) is 1. The molecule has 1 nitrogen and oxygen atoms in total. The summed E-state index contributed by atoms with van der Waals surface area (Å²) in [4.78, 5) is 0. The molecule has 0 bridgehead atoms. The second-order valence-corrected chi connectivity index (χ2v) is 4.41. The molecule has 2 N–H and O–H groups in total. The lowest BCUT2D eigenvalue weighted by molar-refractivity contribution is 0.535. The van der Waals surface area contributed by atoms with Gasteiger partial charge in [-0.25, -0.2) is 0 Å². The first kappa shape index (κ1) is 10.3. The first-order valence-electron chi connectivity index (χ1n) is 4.75. The Bertz CT molecular complexity index is 300. The summed E-state index contributed by atoms with van der Waals surface area (Å²) in [7, 11) is 0. The second-order valence-electron chi connectivity index (χ2n) is 4.41. The highest BCUT2D eigenvalue weighted by Crippen LogP contribution is 2.25. The van der Waals surface area contributed by atoms with Gasteiger partial charge in [0.05, 0.1) is 0 Å². The van der Waals surface area contributed by atoms with Gasteiger partial charge in [0.1, 0.15) is 0 Å². The minimum Gasteiger partial charge on any atom is -0.330 e. The molecule has 0 fully saturated rings. The summed E-state index contributed by atoms with van der Waals surface area (Å²) in [6.07, 6.45) is 0. The lowest BCUT2D eigenvalue weighted by atomic mass is 9.81. The van der Waals surface area contributed by atoms with Crippen LogP contribution in [-0.4, -0.2) is 6.54 Å². The van der Waals surface area contributed by atoms with E-state index < -0.39 is 0 Å². The van der Waals surface area contributed by atoms with Crippen LogP contribution in [0.1, 0.15) is 30.5 Å². The maximum absolute atomic E-state index is 5.76. The average Bonchev–Trinajstić information content (AvgIpc) is 2.09. The van der Waals surface area contributed by atoms with Crippen molar-refractivity contribution in [2.45, 2.75) is 33.1 Å². The van der Waals surface area contributed by atoms with E-state index in [0.717, 1.165) is 0 Å². The second kappa shape index (κ2) is 3.51. The number of hydrogen-bond donors (Lipinski definition) is 1. The van der Waals surface area contributed by atoms with Gasteiger partial charge in [-0.1, -0.05) is 37.6 Å². The van der Waals surface area contributed by atoms with Gasteiger partial charge in [-0.2, -0.15) is 0 Å². The third kappa shape index (κ3) is 2.10. The van der Waals surface area contributed by atoms with Crippen LogP contribution in [-0.2, 0) is 5.41 Å². The molecule has 0 radical (unpaired) electrons. The zero-order chi connectivity index (χ0) is 10.1. The first-order chi connectivity index (χ1) is 5.97. The molecule has 0 aliphatic carbocycles. The molecule has 0 spiro atoms. The maximum Gasteiger partial charge on any atom is 0.00217 e. The summed E-state index contributed by atoms with van der Waals surface area (Å²) in [5.74, 6) is 0. The molecule has 0 aliphatic rings. The van der Waals surface area contributed by atoms with Crippen molar-refractivity contribution >= 4 is 0 Å². The van der Waals surface area contributed by atoms with Crippen LogP contribution in [0.4, 0.5) is 0 Å². The fourth-order valence-electron chi connectivity index (χ4n) is 1.57. The Balaban J connectivity index is 3.20. The van der Waals surface area contributed by atoms with Crippen LogP contribution < -0.4 is 5.73 Å². The van der Waals surface area contributed by atoms with Gasteiger partial charge in [-0.05, 0) is 25.0 Å². The van der Waals surface area contributed by atoms with Gasteiger partial charge in [-0.3, -0.25) is 0 Å². The molecule has 0 saturated carbocycles. The zero-order valence-corrected chi connectivity index (χ0v) is 9.02. The molecule has 0 amide bonds. The van der Waals surface area contributed by atoms with Crippen molar-refractivity contribution in [3.8, 4) is 0 Å². The summed E-state index contributed by atoms with van der Waals surface area (Å²) in [6.45, 7) is 9.34. The van der Waals surface area contributed by atoms with Crippen molar-refractivity contribution in [3.63, 3.8) is 0 Å². The summed E-state index contributed by atoms with van der Waals surface area (Å²) < 4.78 is 0. The van der Waals surface area contributed by atoms with Crippen molar-refractivity contribution in [3.05, 3.63) is 34.9 Å². The van der Waals surface area contributed by atoms with E-state index in [-0.39, 0.29) is 5.41 Å². The topological polar surface area (TPSA) is 26.0 Å². The third-order valence-electron chi connectivity index (χ3n) is 2.63. The van der Waals surface area contributed by atoms with Crippen molar-refractivity contribution in [1.82, 2.24) is 0 Å². The molecule has 72 valence electrons. The highest BCUT2D eigenvalue weighted by molar-refractivity contribution is 5.36. The Hall–Kier alpha value is -0.820. The highest BCUT2D eigenvalue weighted by Gasteiger charge is 2.20. The van der Waals surface area contributed by atoms with E-state index in [2.05, 4.69) is 45.9 Å². The Morgan fingerprint density at radius 3 is 2.38 bits per heavy atom. The normalized spacial score (nSPS) is 11.8. The molecule has 0 heterocycles. The molecule has 0 aromatic heterocycles. The van der Waals surface area contributed by atoms with E-state index >= 15 is 0 Å². The lowest BCUT2D eigenvalue weighted by Gasteiger charge is -2.25. The van der Waals surface area contributed by atoms with Crippen molar-refractivity contribution < 1.29 is 0 Å². The molecule has 0 atom stereocenters. The van der Waals surface area contributed by atoms with E-state index in [1.807, 2.05) is 0 Å². The van der Waals surface area contributed by atoms with Gasteiger partial charge in [0, 0.05) is 12.0 Å². The minimum atomic E-state index is 0.0934. The van der Waals surface area contributed by atoms with Gasteiger partial charge in [0.15, 0.2) is 0 Å². The minimum absolute atomic E-state index is 0.0934. The predicted octanol–water partition coefficient (Wildman–Crippen LogP) is 2.54. The molecule has 13 heavy (non-hydrogen) atoms. The van der Waals surface area contributed by atoms with E-state index in [1.165, 1.54) is 16.7 Å². The number of benzene rings is 1. The van der Waals surface area contributed by atoms with E-state index in [1.54, 1.807) is 0 Å². The molecule has 0 unspecified atom stereocenters. The maximum atomic E-state index is 5.76. The number of rotatable bonds is 2. The fraction of sp³-hybridized carbons (Fsp3) is 0.500. The molecule has 1 aromatic rings. The molecule has 1 heteroatoms. The standard InChI is InChI=1S/C12H19N/c1-9-5-6-10(2)11(7-9)12(3,4)8-13/h5-7H,8,13H2,1-4H3. The Morgan fingerprint density at radius 1 is 1.23 bits per heavy atom. The smallest absolute Gasteiger partial charge is 0.00217 e. The van der Waals surface area contributed by atoms with Crippen molar-refractivity contribution in [2.24, 2.45) is 5.73 Å². The van der Waals surface area contributed by atoms with Gasteiger partial charge in [0.25, 0.3) is 0 Å². The fourth-order valence-corrected chi connectivity index (χ4v) is 1.57. The Morgan fingerprint density at radius 2 is 1.85 bits per heavy atom. The van der Waals surface area contributed by atoms with E-state index in [0.29, 0.717) is 6.54 Å². The van der Waals surface area contributed by atoms with Gasteiger partial charge in [-0.15, -0.1) is 0 Å². The van der Waals surface area contributed by atoms with Crippen LogP contribution >= 0.6 is 0 Å². The van der Waals surface area contributed by atoms with Crippen LogP contribution in [0.15, 0.2) is 18.2 Å². The van der Waals surface area contributed by atoms with Crippen molar-refractivity contribution in [1.29, 1.82) is 0 Å². The van der Waals surface area contributed by atoms with Gasteiger partial charge < -0.3 is 5.73 Å². The highest BCUT2D eigenvalue weighted by atomic mass is 14.6. The largest absolute Gasteiger partial charge is 0.330 e. The van der Waals surface area contributed by atoms with Gasteiger partial charge >= 0.3 is 0 Å². The molecular formula is C12H19N. The Labute approximate surface area is 81.0 Å². The molecule has 1 aromatic carbocycles. The molecule has 0 aliphatic heterocycles.